The Morgan fingerprint density at radius 3 is 2.81 bits per heavy atom. The molecular formula is C24H21FN6. The van der Waals surface area contributed by atoms with Gasteiger partial charge in [0.05, 0.1) is 22.3 Å². The van der Waals surface area contributed by atoms with Crippen molar-refractivity contribution in [1.29, 1.82) is 5.26 Å². The fourth-order valence-electron chi connectivity index (χ4n) is 4.26. The van der Waals surface area contributed by atoms with Crippen LogP contribution in [0.15, 0.2) is 42.9 Å². The van der Waals surface area contributed by atoms with Gasteiger partial charge in [0.25, 0.3) is 0 Å². The van der Waals surface area contributed by atoms with Crippen LogP contribution >= 0.6 is 0 Å². The molecule has 0 aliphatic carbocycles. The van der Waals surface area contributed by atoms with Gasteiger partial charge in [-0.1, -0.05) is 13.0 Å². The van der Waals surface area contributed by atoms with Crippen LogP contribution in [0.25, 0.3) is 33.7 Å². The topological polar surface area (TPSA) is 81.5 Å². The van der Waals surface area contributed by atoms with Crippen molar-refractivity contribution in [2.24, 2.45) is 5.92 Å². The summed E-state index contributed by atoms with van der Waals surface area (Å²) in [5.74, 6) is 0.741. The molecule has 0 spiro atoms. The maximum Gasteiger partial charge on any atom is 0.178 e. The molecule has 1 saturated heterocycles. The van der Waals surface area contributed by atoms with E-state index in [0.29, 0.717) is 17.4 Å². The van der Waals surface area contributed by atoms with E-state index >= 15 is 0 Å². The lowest BCUT2D eigenvalue weighted by Crippen LogP contribution is -2.21. The van der Waals surface area contributed by atoms with Gasteiger partial charge >= 0.3 is 0 Å². The van der Waals surface area contributed by atoms with E-state index in [-0.39, 0.29) is 5.56 Å². The third kappa shape index (κ3) is 3.30. The van der Waals surface area contributed by atoms with Gasteiger partial charge in [0.2, 0.25) is 0 Å². The van der Waals surface area contributed by atoms with E-state index in [2.05, 4.69) is 26.8 Å². The minimum absolute atomic E-state index is 0.0206. The number of nitriles is 1. The van der Waals surface area contributed by atoms with Crippen molar-refractivity contribution in [3.8, 4) is 28.6 Å². The van der Waals surface area contributed by atoms with Crippen molar-refractivity contribution in [2.75, 3.05) is 18.0 Å². The van der Waals surface area contributed by atoms with Crippen molar-refractivity contribution in [3.05, 3.63) is 59.8 Å². The Morgan fingerprint density at radius 1 is 1.23 bits per heavy atom. The van der Waals surface area contributed by atoms with E-state index in [1.807, 2.05) is 25.3 Å². The van der Waals surface area contributed by atoms with Crippen LogP contribution in [0, 0.1) is 30.0 Å². The van der Waals surface area contributed by atoms with Crippen LogP contribution in [-0.4, -0.2) is 33.0 Å². The Labute approximate surface area is 179 Å². The molecule has 154 valence electrons. The Morgan fingerprint density at radius 2 is 2.06 bits per heavy atom. The summed E-state index contributed by atoms with van der Waals surface area (Å²) in [6.07, 6.45) is 6.43. The van der Waals surface area contributed by atoms with Crippen molar-refractivity contribution < 1.29 is 4.39 Å². The van der Waals surface area contributed by atoms with Gasteiger partial charge in [-0.25, -0.2) is 14.4 Å². The van der Waals surface area contributed by atoms with E-state index in [1.165, 1.54) is 6.07 Å². The Kier molecular flexibility index (Phi) is 4.63. The summed E-state index contributed by atoms with van der Waals surface area (Å²) in [6.45, 7) is 6.08. The predicted octanol–water partition coefficient (Wildman–Crippen LogP) is 4.85. The zero-order valence-corrected chi connectivity index (χ0v) is 17.4. The average Bonchev–Trinajstić information content (AvgIpc) is 3.40. The third-order valence-electron chi connectivity index (χ3n) is 5.91. The number of anilines is 1. The van der Waals surface area contributed by atoms with Crippen LogP contribution in [0.2, 0.25) is 0 Å². The fraction of sp³-hybridized carbons (Fsp3) is 0.250. The summed E-state index contributed by atoms with van der Waals surface area (Å²) < 4.78 is 14.0. The first kappa shape index (κ1) is 19.2. The molecule has 1 aromatic carbocycles. The molecule has 1 fully saturated rings. The summed E-state index contributed by atoms with van der Waals surface area (Å²) in [6, 6.07) is 8.51. The second-order valence-electron chi connectivity index (χ2n) is 8.14. The molecule has 7 heteroatoms. The zero-order chi connectivity index (χ0) is 21.5. The number of pyridine rings is 2. The van der Waals surface area contributed by atoms with E-state index in [0.717, 1.165) is 53.0 Å². The quantitative estimate of drug-likeness (QED) is 0.520. The molecule has 0 amide bonds. The summed E-state index contributed by atoms with van der Waals surface area (Å²) in [4.78, 5) is 19.3. The van der Waals surface area contributed by atoms with Crippen LogP contribution in [0.4, 0.5) is 10.1 Å². The lowest BCUT2D eigenvalue weighted by atomic mass is 9.99. The number of hydrogen-bond acceptors (Lipinski definition) is 5. The SMILES string of the molecule is Cc1ccnc2nc(-c3cncc(-c4ccc(F)c(C#N)c4)c3N3CCC(C)C3)[nH]c12. The number of benzene rings is 1. The number of imidazole rings is 1. The number of hydrogen-bond donors (Lipinski definition) is 1. The molecule has 0 bridgehead atoms. The molecular weight excluding hydrogens is 391 g/mol. The van der Waals surface area contributed by atoms with E-state index < -0.39 is 5.82 Å². The Hall–Kier alpha value is -3.79. The summed E-state index contributed by atoms with van der Waals surface area (Å²) >= 11 is 0. The van der Waals surface area contributed by atoms with Gasteiger partial charge in [-0.05, 0) is 48.6 Å². The van der Waals surface area contributed by atoms with E-state index in [1.54, 1.807) is 24.5 Å². The average molecular weight is 412 g/mol. The smallest absolute Gasteiger partial charge is 0.178 e. The van der Waals surface area contributed by atoms with Gasteiger partial charge in [0.15, 0.2) is 5.65 Å². The molecule has 1 atom stereocenters. The first-order valence-corrected chi connectivity index (χ1v) is 10.3. The van der Waals surface area contributed by atoms with Crippen LogP contribution in [0.3, 0.4) is 0 Å². The van der Waals surface area contributed by atoms with Gasteiger partial charge in [0.1, 0.15) is 17.7 Å². The van der Waals surface area contributed by atoms with Crippen LogP contribution < -0.4 is 4.90 Å². The normalized spacial score (nSPS) is 16.1. The molecule has 5 rings (SSSR count). The molecule has 4 aromatic rings. The lowest BCUT2D eigenvalue weighted by molar-refractivity contribution is 0.624. The zero-order valence-electron chi connectivity index (χ0n) is 17.4. The molecule has 3 aromatic heterocycles. The Bertz CT molecular complexity index is 1340. The van der Waals surface area contributed by atoms with Crippen molar-refractivity contribution >= 4 is 16.9 Å². The highest BCUT2D eigenvalue weighted by Gasteiger charge is 2.26. The number of aryl methyl sites for hydroxylation is 1. The van der Waals surface area contributed by atoms with E-state index in [4.69, 9.17) is 4.98 Å². The minimum Gasteiger partial charge on any atom is -0.370 e. The second kappa shape index (κ2) is 7.47. The number of halogens is 1. The summed E-state index contributed by atoms with van der Waals surface area (Å²) in [7, 11) is 0. The van der Waals surface area contributed by atoms with Gasteiger partial charge in [0, 0.05) is 37.2 Å². The van der Waals surface area contributed by atoms with E-state index in [9.17, 15) is 9.65 Å². The highest BCUT2D eigenvalue weighted by atomic mass is 19.1. The second-order valence-corrected chi connectivity index (χ2v) is 8.14. The highest BCUT2D eigenvalue weighted by molar-refractivity contribution is 5.91. The molecule has 1 N–H and O–H groups in total. The highest BCUT2D eigenvalue weighted by Crippen LogP contribution is 2.41. The van der Waals surface area contributed by atoms with Gasteiger partial charge < -0.3 is 9.88 Å². The van der Waals surface area contributed by atoms with Gasteiger partial charge in [-0.2, -0.15) is 5.26 Å². The van der Waals surface area contributed by atoms with Crippen LogP contribution in [0.5, 0.6) is 0 Å². The Balaban J connectivity index is 1.74. The standard InChI is InChI=1S/C24H21FN6/c1-14-6-8-31(13-14)22-18(16-3-4-20(25)17(9-16)10-26)11-27-12-19(22)23-29-21-15(2)5-7-28-24(21)30-23/h3-5,7,9,11-12,14H,6,8,13H2,1-2H3,(H,28,29,30). The molecule has 4 heterocycles. The van der Waals surface area contributed by atoms with Crippen LogP contribution in [-0.2, 0) is 0 Å². The molecule has 0 radical (unpaired) electrons. The molecule has 0 saturated carbocycles. The monoisotopic (exact) mass is 412 g/mol. The maximum absolute atomic E-state index is 14.0. The summed E-state index contributed by atoms with van der Waals surface area (Å²) in [5.41, 5.74) is 6.12. The number of H-pyrrole nitrogens is 1. The summed E-state index contributed by atoms with van der Waals surface area (Å²) in [5, 5.41) is 9.31. The largest absolute Gasteiger partial charge is 0.370 e. The number of aromatic amines is 1. The van der Waals surface area contributed by atoms with Crippen molar-refractivity contribution in [3.63, 3.8) is 0 Å². The maximum atomic E-state index is 14.0. The number of nitrogens with zero attached hydrogens (tertiary/aromatic N) is 5. The molecule has 1 aliphatic heterocycles. The van der Waals surface area contributed by atoms with Crippen molar-refractivity contribution in [1.82, 2.24) is 19.9 Å². The predicted molar refractivity (Wildman–Crippen MR) is 118 cm³/mol. The molecule has 1 unspecified atom stereocenters. The van der Waals surface area contributed by atoms with Crippen molar-refractivity contribution in [2.45, 2.75) is 20.3 Å². The number of fused-ring (bicyclic) bond motifs is 1. The molecule has 1 aliphatic rings. The number of nitrogens with one attached hydrogen (secondary N) is 1. The molecule has 6 nitrogen and oxygen atoms in total. The lowest BCUT2D eigenvalue weighted by Gasteiger charge is -2.24. The third-order valence-corrected chi connectivity index (χ3v) is 5.91. The van der Waals surface area contributed by atoms with Crippen LogP contribution in [0.1, 0.15) is 24.5 Å². The first-order chi connectivity index (χ1) is 15.0. The minimum atomic E-state index is -0.523. The van der Waals surface area contributed by atoms with Gasteiger partial charge in [-0.15, -0.1) is 0 Å². The number of aromatic nitrogens is 4. The fourth-order valence-corrected chi connectivity index (χ4v) is 4.26. The first-order valence-electron chi connectivity index (χ1n) is 10.3. The molecule has 31 heavy (non-hydrogen) atoms. The van der Waals surface area contributed by atoms with Gasteiger partial charge in [-0.3, -0.25) is 4.98 Å². The number of rotatable bonds is 3.